The number of anilines is 1. The van der Waals surface area contributed by atoms with Gasteiger partial charge in [0.1, 0.15) is 5.54 Å². The van der Waals surface area contributed by atoms with E-state index in [4.69, 9.17) is 0 Å². The number of hydrogen-bond acceptors (Lipinski definition) is 4. The fraction of sp³-hybridized carbons (Fsp3) is 0.238. The molecule has 2 aromatic rings. The van der Waals surface area contributed by atoms with Gasteiger partial charge in [-0.25, -0.2) is 4.79 Å². The molecule has 0 bridgehead atoms. The van der Waals surface area contributed by atoms with Crippen molar-refractivity contribution in [3.8, 4) is 0 Å². The molecule has 0 aliphatic carbocycles. The van der Waals surface area contributed by atoms with E-state index >= 15 is 0 Å². The van der Waals surface area contributed by atoms with Crippen molar-refractivity contribution in [1.29, 1.82) is 0 Å². The Hall–Kier alpha value is -3.68. The zero-order valence-electron chi connectivity index (χ0n) is 16.1. The van der Waals surface area contributed by atoms with Gasteiger partial charge in [-0.2, -0.15) is 0 Å². The second-order valence-corrected chi connectivity index (χ2v) is 7.11. The van der Waals surface area contributed by atoms with Crippen molar-refractivity contribution in [2.24, 2.45) is 0 Å². The second kappa shape index (κ2) is 8.14. The SMILES string of the molecule is C[C@H](CC(=O)Nc1cccc([C@@]2(C)NC(=O)NC2=O)c1)NC(=O)c1ccccc1. The minimum Gasteiger partial charge on any atom is -0.349 e. The average Bonchev–Trinajstić information content (AvgIpc) is 2.95. The van der Waals surface area contributed by atoms with Crippen molar-refractivity contribution in [2.45, 2.75) is 31.8 Å². The molecule has 0 radical (unpaired) electrons. The van der Waals surface area contributed by atoms with Crippen molar-refractivity contribution < 1.29 is 19.2 Å². The van der Waals surface area contributed by atoms with Crippen LogP contribution in [0.15, 0.2) is 54.6 Å². The number of benzene rings is 2. The molecule has 0 unspecified atom stereocenters. The number of carbonyl (C=O) groups is 4. The van der Waals surface area contributed by atoms with Crippen LogP contribution in [0.3, 0.4) is 0 Å². The molecular weight excluding hydrogens is 372 g/mol. The molecule has 8 heteroatoms. The Morgan fingerprint density at radius 3 is 2.45 bits per heavy atom. The van der Waals surface area contributed by atoms with Crippen LogP contribution in [0.1, 0.15) is 36.2 Å². The van der Waals surface area contributed by atoms with Crippen LogP contribution < -0.4 is 21.3 Å². The number of urea groups is 1. The van der Waals surface area contributed by atoms with Gasteiger partial charge in [0, 0.05) is 23.7 Å². The third kappa shape index (κ3) is 4.60. The normalized spacial score (nSPS) is 19.1. The zero-order valence-corrected chi connectivity index (χ0v) is 16.1. The van der Waals surface area contributed by atoms with Crippen molar-refractivity contribution >= 4 is 29.4 Å². The summed E-state index contributed by atoms with van der Waals surface area (Å²) < 4.78 is 0. The van der Waals surface area contributed by atoms with E-state index < -0.39 is 17.5 Å². The third-order valence-electron chi connectivity index (χ3n) is 4.67. The Morgan fingerprint density at radius 1 is 1.07 bits per heavy atom. The van der Waals surface area contributed by atoms with Crippen molar-refractivity contribution in [2.75, 3.05) is 5.32 Å². The average molecular weight is 394 g/mol. The monoisotopic (exact) mass is 394 g/mol. The van der Waals surface area contributed by atoms with Crippen LogP contribution >= 0.6 is 0 Å². The highest BCUT2D eigenvalue weighted by molar-refractivity contribution is 6.07. The summed E-state index contributed by atoms with van der Waals surface area (Å²) in [7, 11) is 0. The molecule has 0 spiro atoms. The van der Waals surface area contributed by atoms with Gasteiger partial charge in [0.25, 0.3) is 11.8 Å². The summed E-state index contributed by atoms with van der Waals surface area (Å²) >= 11 is 0. The highest BCUT2D eigenvalue weighted by Gasteiger charge is 2.43. The van der Waals surface area contributed by atoms with Gasteiger partial charge in [-0.3, -0.25) is 19.7 Å². The minimum atomic E-state index is -1.20. The molecule has 1 saturated heterocycles. The van der Waals surface area contributed by atoms with Crippen molar-refractivity contribution in [3.63, 3.8) is 0 Å². The smallest absolute Gasteiger partial charge is 0.322 e. The molecule has 3 rings (SSSR count). The lowest BCUT2D eigenvalue weighted by Crippen LogP contribution is -2.40. The fourth-order valence-electron chi connectivity index (χ4n) is 3.09. The number of carbonyl (C=O) groups excluding carboxylic acids is 4. The first-order valence-corrected chi connectivity index (χ1v) is 9.18. The van der Waals surface area contributed by atoms with E-state index in [-0.39, 0.29) is 24.3 Å². The number of amides is 5. The summed E-state index contributed by atoms with van der Waals surface area (Å²) in [5.41, 5.74) is 0.361. The molecule has 5 amide bonds. The summed E-state index contributed by atoms with van der Waals surface area (Å²) in [5.74, 6) is -0.986. The Morgan fingerprint density at radius 2 is 1.79 bits per heavy atom. The molecular formula is C21H22N4O4. The largest absolute Gasteiger partial charge is 0.349 e. The predicted octanol–water partition coefficient (Wildman–Crippen LogP) is 1.89. The minimum absolute atomic E-state index is 0.0806. The first kappa shape index (κ1) is 20.1. The Balaban J connectivity index is 1.60. The van der Waals surface area contributed by atoms with E-state index in [1.165, 1.54) is 0 Å². The number of imide groups is 1. The molecule has 1 fully saturated rings. The molecule has 4 N–H and O–H groups in total. The molecule has 8 nitrogen and oxygen atoms in total. The van der Waals surface area contributed by atoms with Gasteiger partial charge in [-0.1, -0.05) is 30.3 Å². The molecule has 2 aromatic carbocycles. The summed E-state index contributed by atoms with van der Waals surface area (Å²) in [6.45, 7) is 3.34. The van der Waals surface area contributed by atoms with Gasteiger partial charge in [0.15, 0.2) is 0 Å². The van der Waals surface area contributed by atoms with Gasteiger partial charge in [0.05, 0.1) is 0 Å². The fourth-order valence-corrected chi connectivity index (χ4v) is 3.09. The summed E-state index contributed by atoms with van der Waals surface area (Å²) in [6, 6.07) is 14.5. The van der Waals surface area contributed by atoms with Crippen LogP contribution in [0.5, 0.6) is 0 Å². The zero-order chi connectivity index (χ0) is 21.0. The van der Waals surface area contributed by atoms with Gasteiger partial charge >= 0.3 is 6.03 Å². The highest BCUT2D eigenvalue weighted by Crippen LogP contribution is 2.26. The molecule has 0 saturated carbocycles. The second-order valence-electron chi connectivity index (χ2n) is 7.11. The lowest BCUT2D eigenvalue weighted by atomic mass is 9.92. The quantitative estimate of drug-likeness (QED) is 0.560. The van der Waals surface area contributed by atoms with Crippen LogP contribution in [0.4, 0.5) is 10.5 Å². The van der Waals surface area contributed by atoms with Crippen molar-refractivity contribution in [1.82, 2.24) is 16.0 Å². The van der Waals surface area contributed by atoms with E-state index in [1.807, 2.05) is 6.07 Å². The lowest BCUT2D eigenvalue weighted by Gasteiger charge is -2.22. The van der Waals surface area contributed by atoms with E-state index in [9.17, 15) is 19.2 Å². The molecule has 2 atom stereocenters. The van der Waals surface area contributed by atoms with Crippen LogP contribution in [0.2, 0.25) is 0 Å². The number of nitrogens with one attached hydrogen (secondary N) is 4. The Bertz CT molecular complexity index is 960. The maximum Gasteiger partial charge on any atom is 0.322 e. The third-order valence-corrected chi connectivity index (χ3v) is 4.67. The summed E-state index contributed by atoms with van der Waals surface area (Å²) in [6.07, 6.45) is 0.0806. The molecule has 150 valence electrons. The van der Waals surface area contributed by atoms with E-state index in [0.717, 1.165) is 0 Å². The van der Waals surface area contributed by atoms with Gasteiger partial charge < -0.3 is 16.0 Å². The van der Waals surface area contributed by atoms with Crippen LogP contribution in [0.25, 0.3) is 0 Å². The first-order valence-electron chi connectivity index (χ1n) is 9.18. The van der Waals surface area contributed by atoms with Crippen LogP contribution in [-0.2, 0) is 15.1 Å². The lowest BCUT2D eigenvalue weighted by molar-refractivity contribution is -0.123. The van der Waals surface area contributed by atoms with Gasteiger partial charge in [-0.15, -0.1) is 0 Å². The predicted molar refractivity (Wildman–Crippen MR) is 107 cm³/mol. The number of hydrogen-bond donors (Lipinski definition) is 4. The summed E-state index contributed by atoms with van der Waals surface area (Å²) in [5, 5.41) is 10.3. The first-order chi connectivity index (χ1) is 13.8. The van der Waals surface area contributed by atoms with E-state index in [0.29, 0.717) is 16.8 Å². The van der Waals surface area contributed by atoms with Gasteiger partial charge in [-0.05, 0) is 43.7 Å². The number of rotatable bonds is 6. The Labute approximate surface area is 168 Å². The van der Waals surface area contributed by atoms with Crippen LogP contribution in [-0.4, -0.2) is 29.8 Å². The molecule has 1 heterocycles. The molecule has 1 aliphatic heterocycles. The van der Waals surface area contributed by atoms with Crippen LogP contribution in [0, 0.1) is 0 Å². The van der Waals surface area contributed by atoms with E-state index in [2.05, 4.69) is 21.3 Å². The molecule has 0 aromatic heterocycles. The standard InChI is InChI=1S/C21H22N4O4/c1-13(22-18(27)14-7-4-3-5-8-14)11-17(26)23-16-10-6-9-15(12-16)21(2)19(28)24-20(29)25-21/h3-10,12-13H,11H2,1-2H3,(H,22,27)(H,23,26)(H2,24,25,28,29)/t13-,21-/m1/s1. The molecule has 1 aliphatic rings. The topological polar surface area (TPSA) is 116 Å². The molecule has 29 heavy (non-hydrogen) atoms. The van der Waals surface area contributed by atoms with Crippen molar-refractivity contribution in [3.05, 3.63) is 65.7 Å². The summed E-state index contributed by atoms with van der Waals surface area (Å²) in [4.78, 5) is 48.1. The Kier molecular flexibility index (Phi) is 5.63. The highest BCUT2D eigenvalue weighted by atomic mass is 16.2. The van der Waals surface area contributed by atoms with E-state index in [1.54, 1.807) is 62.4 Å². The maximum absolute atomic E-state index is 12.4. The maximum atomic E-state index is 12.4. The van der Waals surface area contributed by atoms with Gasteiger partial charge in [0.2, 0.25) is 5.91 Å².